The second-order valence-electron chi connectivity index (χ2n) is 7.86. The molecule has 0 amide bonds. The van der Waals surface area contributed by atoms with Gasteiger partial charge in [-0.1, -0.05) is 6.42 Å². The highest BCUT2D eigenvalue weighted by atomic mass is 19.4. The summed E-state index contributed by atoms with van der Waals surface area (Å²) >= 11 is 0. The Morgan fingerprint density at radius 1 is 0.897 bits per heavy atom. The van der Waals surface area contributed by atoms with Gasteiger partial charge in [-0.15, -0.1) is 0 Å². The van der Waals surface area contributed by atoms with E-state index in [1.165, 1.54) is 0 Å². The van der Waals surface area contributed by atoms with Crippen molar-refractivity contribution < 1.29 is 45.3 Å². The number of halogens is 6. The van der Waals surface area contributed by atoms with Crippen molar-refractivity contribution in [2.24, 2.45) is 17.8 Å². The van der Waals surface area contributed by atoms with Gasteiger partial charge >= 0.3 is 18.1 Å². The van der Waals surface area contributed by atoms with E-state index < -0.39 is 24.7 Å². The SMILES string of the molecule is O=C(OCCC1CCC(C2OCC(CCCCF)CO2)CC1)C(F)(F)C(F)(F)F. The molecule has 2 aliphatic rings. The Hall–Kier alpha value is -1.03. The highest BCUT2D eigenvalue weighted by molar-refractivity contribution is 5.78. The number of hydrogen-bond donors (Lipinski definition) is 0. The predicted octanol–water partition coefficient (Wildman–Crippen LogP) is 5.05. The van der Waals surface area contributed by atoms with Crippen LogP contribution in [0.15, 0.2) is 0 Å². The van der Waals surface area contributed by atoms with Gasteiger partial charge in [-0.3, -0.25) is 4.39 Å². The number of carbonyl (C=O) groups excluding carboxylic acids is 1. The van der Waals surface area contributed by atoms with Crippen LogP contribution in [0.25, 0.3) is 0 Å². The molecule has 170 valence electrons. The summed E-state index contributed by atoms with van der Waals surface area (Å²) in [5.74, 6) is -7.46. The average molecular weight is 434 g/mol. The molecule has 0 aromatic heterocycles. The van der Waals surface area contributed by atoms with Gasteiger partial charge in [0.05, 0.1) is 26.5 Å². The molecule has 0 aromatic rings. The van der Waals surface area contributed by atoms with E-state index in [0.29, 0.717) is 19.6 Å². The molecule has 29 heavy (non-hydrogen) atoms. The summed E-state index contributed by atoms with van der Waals surface area (Å²) in [7, 11) is 0. The average Bonchev–Trinajstić information content (AvgIpc) is 2.68. The number of unbranched alkanes of at least 4 members (excludes halogenated alkanes) is 1. The van der Waals surface area contributed by atoms with Crippen molar-refractivity contribution in [2.45, 2.75) is 69.8 Å². The van der Waals surface area contributed by atoms with E-state index in [0.717, 1.165) is 38.5 Å². The van der Waals surface area contributed by atoms with E-state index in [1.54, 1.807) is 0 Å². The van der Waals surface area contributed by atoms with Crippen LogP contribution in [-0.2, 0) is 19.0 Å². The van der Waals surface area contributed by atoms with Gasteiger partial charge in [-0.05, 0) is 50.9 Å². The third kappa shape index (κ3) is 7.01. The smallest absolute Gasteiger partial charge is 0.461 e. The van der Waals surface area contributed by atoms with E-state index in [-0.39, 0.29) is 37.1 Å². The zero-order valence-corrected chi connectivity index (χ0v) is 16.2. The molecule has 2 rings (SSSR count). The van der Waals surface area contributed by atoms with Gasteiger partial charge in [-0.2, -0.15) is 22.0 Å². The Morgan fingerprint density at radius 3 is 2.07 bits per heavy atom. The zero-order chi connectivity index (χ0) is 21.5. The molecular formula is C19H28F6O4. The first-order valence-electron chi connectivity index (χ1n) is 10.1. The molecule has 0 aromatic carbocycles. The van der Waals surface area contributed by atoms with Crippen molar-refractivity contribution in [1.29, 1.82) is 0 Å². The van der Waals surface area contributed by atoms with E-state index >= 15 is 0 Å². The Kier molecular flexibility index (Phi) is 9.06. The Morgan fingerprint density at radius 2 is 1.52 bits per heavy atom. The molecule has 1 heterocycles. The molecule has 1 aliphatic carbocycles. The summed E-state index contributed by atoms with van der Waals surface area (Å²) in [5.41, 5.74) is 0. The number of ether oxygens (including phenoxy) is 3. The van der Waals surface area contributed by atoms with Gasteiger partial charge in [-0.25, -0.2) is 4.79 Å². The van der Waals surface area contributed by atoms with Crippen LogP contribution >= 0.6 is 0 Å². The lowest BCUT2D eigenvalue weighted by molar-refractivity contribution is -0.280. The lowest BCUT2D eigenvalue weighted by atomic mass is 9.80. The van der Waals surface area contributed by atoms with Crippen molar-refractivity contribution >= 4 is 5.97 Å². The quantitative estimate of drug-likeness (QED) is 0.289. The van der Waals surface area contributed by atoms with Crippen LogP contribution in [0.5, 0.6) is 0 Å². The molecule has 0 bridgehead atoms. The van der Waals surface area contributed by atoms with Gasteiger partial charge < -0.3 is 14.2 Å². The van der Waals surface area contributed by atoms with Crippen LogP contribution in [0.4, 0.5) is 26.3 Å². The maximum absolute atomic E-state index is 12.8. The first kappa shape index (κ1) is 24.2. The first-order chi connectivity index (χ1) is 13.6. The summed E-state index contributed by atoms with van der Waals surface area (Å²) in [6.45, 7) is 0.390. The van der Waals surface area contributed by atoms with Crippen LogP contribution in [0.2, 0.25) is 0 Å². The number of carbonyl (C=O) groups is 1. The number of alkyl halides is 6. The summed E-state index contributed by atoms with van der Waals surface area (Å²) < 4.78 is 89.8. The molecule has 0 atom stereocenters. The van der Waals surface area contributed by atoms with Crippen LogP contribution < -0.4 is 0 Å². The number of hydrogen-bond acceptors (Lipinski definition) is 4. The van der Waals surface area contributed by atoms with Crippen molar-refractivity contribution in [2.75, 3.05) is 26.5 Å². The summed E-state index contributed by atoms with van der Waals surface area (Å²) in [6.07, 6.45) is -0.725. The molecule has 0 spiro atoms. The van der Waals surface area contributed by atoms with E-state index in [1.807, 2.05) is 0 Å². The lowest BCUT2D eigenvalue weighted by Gasteiger charge is -2.37. The van der Waals surface area contributed by atoms with Gasteiger partial charge in [0.2, 0.25) is 0 Å². The molecule has 2 fully saturated rings. The fourth-order valence-corrected chi connectivity index (χ4v) is 3.80. The van der Waals surface area contributed by atoms with Crippen LogP contribution in [0.3, 0.4) is 0 Å². The standard InChI is InChI=1S/C19H28F6O4/c20-9-2-1-3-14-11-28-16(29-12-14)15-6-4-13(5-7-15)8-10-27-17(26)18(21,22)19(23,24)25/h13-16H,1-12H2. The fraction of sp³-hybridized carbons (Fsp3) is 0.947. The molecular weight excluding hydrogens is 406 g/mol. The van der Waals surface area contributed by atoms with Crippen LogP contribution in [0.1, 0.15) is 51.4 Å². The number of esters is 1. The van der Waals surface area contributed by atoms with Crippen LogP contribution in [0, 0.1) is 17.8 Å². The molecule has 1 saturated carbocycles. The van der Waals surface area contributed by atoms with Crippen LogP contribution in [-0.4, -0.2) is 50.9 Å². The molecule has 0 unspecified atom stereocenters. The summed E-state index contributed by atoms with van der Waals surface area (Å²) in [4.78, 5) is 11.0. The molecule has 0 radical (unpaired) electrons. The van der Waals surface area contributed by atoms with Crippen molar-refractivity contribution in [3.05, 3.63) is 0 Å². The highest BCUT2D eigenvalue weighted by Crippen LogP contribution is 2.38. The molecule has 1 aliphatic heterocycles. The topological polar surface area (TPSA) is 44.8 Å². The van der Waals surface area contributed by atoms with E-state index in [2.05, 4.69) is 4.74 Å². The third-order valence-corrected chi connectivity index (χ3v) is 5.64. The Bertz CT molecular complexity index is 497. The Balaban J connectivity index is 1.62. The summed E-state index contributed by atoms with van der Waals surface area (Å²) in [5, 5.41) is 0. The van der Waals surface area contributed by atoms with E-state index in [9.17, 15) is 31.1 Å². The second kappa shape index (κ2) is 10.8. The zero-order valence-electron chi connectivity index (χ0n) is 16.2. The highest BCUT2D eigenvalue weighted by Gasteiger charge is 2.64. The molecule has 1 saturated heterocycles. The largest absolute Gasteiger partial charge is 0.465 e. The lowest BCUT2D eigenvalue weighted by Crippen LogP contribution is -2.45. The summed E-state index contributed by atoms with van der Waals surface area (Å²) in [6, 6.07) is 0. The minimum Gasteiger partial charge on any atom is -0.461 e. The minimum atomic E-state index is -5.95. The predicted molar refractivity (Wildman–Crippen MR) is 91.0 cm³/mol. The van der Waals surface area contributed by atoms with Gasteiger partial charge in [0.15, 0.2) is 6.29 Å². The maximum atomic E-state index is 12.8. The van der Waals surface area contributed by atoms with E-state index in [4.69, 9.17) is 9.47 Å². The Labute approximate surface area is 166 Å². The minimum absolute atomic E-state index is 0.0931. The number of rotatable bonds is 9. The monoisotopic (exact) mass is 434 g/mol. The first-order valence-corrected chi connectivity index (χ1v) is 10.1. The van der Waals surface area contributed by atoms with Crippen molar-refractivity contribution in [1.82, 2.24) is 0 Å². The third-order valence-electron chi connectivity index (χ3n) is 5.64. The molecule has 4 nitrogen and oxygen atoms in total. The van der Waals surface area contributed by atoms with Crippen molar-refractivity contribution in [3.8, 4) is 0 Å². The maximum Gasteiger partial charge on any atom is 0.465 e. The molecule has 10 heteroatoms. The normalized spacial score (nSPS) is 28.9. The van der Waals surface area contributed by atoms with Gasteiger partial charge in [0, 0.05) is 11.8 Å². The second-order valence-corrected chi connectivity index (χ2v) is 7.86. The van der Waals surface area contributed by atoms with Crippen molar-refractivity contribution in [3.63, 3.8) is 0 Å². The van der Waals surface area contributed by atoms with Gasteiger partial charge in [0.25, 0.3) is 0 Å². The fourth-order valence-electron chi connectivity index (χ4n) is 3.80. The molecule has 0 N–H and O–H groups in total. The van der Waals surface area contributed by atoms with Gasteiger partial charge in [0.1, 0.15) is 0 Å².